The number of unbranched alkanes of at least 4 members (excludes halogenated alkanes) is 1. The molecule has 134 valence electrons. The molecular weight excluding hydrogens is 308 g/mol. The summed E-state index contributed by atoms with van der Waals surface area (Å²) in [5.41, 5.74) is 6.56. The van der Waals surface area contributed by atoms with Gasteiger partial charge < -0.3 is 9.47 Å². The van der Waals surface area contributed by atoms with Gasteiger partial charge in [-0.05, 0) is 36.0 Å². The Labute approximate surface area is 152 Å². The first-order valence-electron chi connectivity index (χ1n) is 9.56. The van der Waals surface area contributed by atoms with Crippen LogP contribution in [0.5, 0.6) is 5.75 Å². The van der Waals surface area contributed by atoms with Gasteiger partial charge in [0.05, 0.1) is 6.10 Å². The molecule has 0 aliphatic heterocycles. The molecule has 0 saturated heterocycles. The third-order valence-electron chi connectivity index (χ3n) is 5.00. The second-order valence-electron chi connectivity index (χ2n) is 7.36. The van der Waals surface area contributed by atoms with Gasteiger partial charge in [0.15, 0.2) is 0 Å². The number of benzene rings is 2. The van der Waals surface area contributed by atoms with E-state index in [2.05, 4.69) is 58.0 Å². The lowest BCUT2D eigenvalue weighted by Crippen LogP contribution is -2.23. The van der Waals surface area contributed by atoms with E-state index in [9.17, 15) is 0 Å². The Kier molecular flexibility index (Phi) is 5.80. The van der Waals surface area contributed by atoms with Gasteiger partial charge in [-0.2, -0.15) is 0 Å². The smallest absolute Gasteiger partial charge is 0.129 e. The third-order valence-corrected chi connectivity index (χ3v) is 5.00. The molecular formula is C23H30O2. The molecule has 2 heteroatoms. The molecule has 2 nitrogen and oxygen atoms in total. The molecule has 3 rings (SSSR count). The highest BCUT2D eigenvalue weighted by Crippen LogP contribution is 2.47. The van der Waals surface area contributed by atoms with E-state index in [1.54, 1.807) is 0 Å². The fraction of sp³-hybridized carbons (Fsp3) is 0.478. The highest BCUT2D eigenvalue weighted by molar-refractivity contribution is 5.57. The minimum absolute atomic E-state index is 0.199. The number of hydrogen-bond acceptors (Lipinski definition) is 2. The lowest BCUT2D eigenvalue weighted by atomic mass is 9.79. The van der Waals surface area contributed by atoms with Crippen molar-refractivity contribution in [2.45, 2.75) is 65.6 Å². The van der Waals surface area contributed by atoms with Crippen LogP contribution in [0.2, 0.25) is 0 Å². The van der Waals surface area contributed by atoms with Gasteiger partial charge in [0, 0.05) is 24.2 Å². The van der Waals surface area contributed by atoms with Crippen molar-refractivity contribution in [3.8, 4) is 5.75 Å². The first kappa shape index (κ1) is 18.0. The highest BCUT2D eigenvalue weighted by Gasteiger charge is 2.34. The Bertz CT molecular complexity index is 704. The lowest BCUT2D eigenvalue weighted by molar-refractivity contribution is 0.0323. The molecule has 0 spiro atoms. The summed E-state index contributed by atoms with van der Waals surface area (Å²) in [7, 11) is 0. The van der Waals surface area contributed by atoms with E-state index in [0.717, 1.165) is 25.2 Å². The second kappa shape index (κ2) is 8.05. The van der Waals surface area contributed by atoms with Crippen LogP contribution in [0.4, 0.5) is 0 Å². The average Bonchev–Trinajstić information content (AvgIpc) is 2.58. The van der Waals surface area contributed by atoms with Gasteiger partial charge in [0.1, 0.15) is 12.4 Å². The maximum Gasteiger partial charge on any atom is 0.129 e. The molecule has 0 N–H and O–H groups in total. The van der Waals surface area contributed by atoms with Gasteiger partial charge in [-0.15, -0.1) is 0 Å². The summed E-state index contributed by atoms with van der Waals surface area (Å²) < 4.78 is 12.5. The molecule has 0 amide bonds. The van der Waals surface area contributed by atoms with Gasteiger partial charge in [-0.25, -0.2) is 0 Å². The minimum Gasteiger partial charge on any atom is -0.488 e. The lowest BCUT2D eigenvalue weighted by Gasteiger charge is -2.35. The van der Waals surface area contributed by atoms with Crippen molar-refractivity contribution >= 4 is 0 Å². The van der Waals surface area contributed by atoms with Crippen LogP contribution in [0.3, 0.4) is 0 Å². The van der Waals surface area contributed by atoms with Crippen LogP contribution in [0, 0.1) is 6.92 Å². The van der Waals surface area contributed by atoms with Crippen LogP contribution in [-0.4, -0.2) is 6.61 Å². The normalized spacial score (nSPS) is 15.8. The molecule has 0 saturated carbocycles. The van der Waals surface area contributed by atoms with Gasteiger partial charge in [0.2, 0.25) is 0 Å². The van der Waals surface area contributed by atoms with Crippen LogP contribution < -0.4 is 4.74 Å². The van der Waals surface area contributed by atoms with Crippen molar-refractivity contribution in [2.24, 2.45) is 0 Å². The Hall–Kier alpha value is -1.80. The van der Waals surface area contributed by atoms with E-state index in [4.69, 9.17) is 9.47 Å². The zero-order chi connectivity index (χ0) is 17.8. The molecule has 1 aliphatic carbocycles. The zero-order valence-corrected chi connectivity index (χ0v) is 16.0. The van der Waals surface area contributed by atoms with Crippen LogP contribution in [-0.2, 0) is 17.8 Å². The SMILES string of the molecule is CCCCOC1Cc2cc(C)c(C(C)C)c(OCc3ccccc3)c21. The maximum atomic E-state index is 6.38. The number of ether oxygens (including phenoxy) is 2. The average molecular weight is 338 g/mol. The van der Waals surface area contributed by atoms with Crippen molar-refractivity contribution in [1.82, 2.24) is 0 Å². The predicted molar refractivity (Wildman–Crippen MR) is 103 cm³/mol. The van der Waals surface area contributed by atoms with Crippen molar-refractivity contribution in [3.05, 3.63) is 64.2 Å². The Morgan fingerprint density at radius 1 is 1.16 bits per heavy atom. The number of fused-ring (bicyclic) bond motifs is 1. The van der Waals surface area contributed by atoms with Crippen molar-refractivity contribution in [2.75, 3.05) is 6.61 Å². The Balaban J connectivity index is 1.88. The van der Waals surface area contributed by atoms with Gasteiger partial charge >= 0.3 is 0 Å². The van der Waals surface area contributed by atoms with Crippen molar-refractivity contribution in [1.29, 1.82) is 0 Å². The fourth-order valence-corrected chi connectivity index (χ4v) is 3.69. The fourth-order valence-electron chi connectivity index (χ4n) is 3.69. The van der Waals surface area contributed by atoms with Crippen molar-refractivity contribution < 1.29 is 9.47 Å². The van der Waals surface area contributed by atoms with Gasteiger partial charge in [-0.3, -0.25) is 0 Å². The number of rotatable bonds is 8. The quantitative estimate of drug-likeness (QED) is 0.540. The molecule has 1 aliphatic rings. The predicted octanol–water partition coefficient (Wildman–Crippen LogP) is 6.11. The van der Waals surface area contributed by atoms with Gasteiger partial charge in [0.25, 0.3) is 0 Å². The summed E-state index contributed by atoms with van der Waals surface area (Å²) in [4.78, 5) is 0. The van der Waals surface area contributed by atoms with Crippen LogP contribution in [0.1, 0.15) is 73.5 Å². The summed E-state index contributed by atoms with van der Waals surface area (Å²) in [6, 6.07) is 12.7. The summed E-state index contributed by atoms with van der Waals surface area (Å²) in [6.45, 7) is 10.3. The number of aryl methyl sites for hydroxylation is 1. The molecule has 25 heavy (non-hydrogen) atoms. The van der Waals surface area contributed by atoms with Crippen LogP contribution >= 0.6 is 0 Å². The summed E-state index contributed by atoms with van der Waals surface area (Å²) in [5.74, 6) is 1.51. The molecule has 0 radical (unpaired) electrons. The van der Waals surface area contributed by atoms with E-state index < -0.39 is 0 Å². The maximum absolute atomic E-state index is 6.38. The minimum atomic E-state index is 0.199. The highest BCUT2D eigenvalue weighted by atomic mass is 16.5. The van der Waals surface area contributed by atoms with E-state index in [1.807, 2.05) is 6.07 Å². The van der Waals surface area contributed by atoms with E-state index in [-0.39, 0.29) is 6.10 Å². The second-order valence-corrected chi connectivity index (χ2v) is 7.36. The largest absolute Gasteiger partial charge is 0.488 e. The zero-order valence-electron chi connectivity index (χ0n) is 16.0. The van der Waals surface area contributed by atoms with E-state index >= 15 is 0 Å². The molecule has 1 atom stereocenters. The third kappa shape index (κ3) is 3.90. The molecule has 2 aromatic carbocycles. The summed E-state index contributed by atoms with van der Waals surface area (Å²) in [6.07, 6.45) is 3.50. The molecule has 0 aromatic heterocycles. The molecule has 0 fully saturated rings. The summed E-state index contributed by atoms with van der Waals surface area (Å²) in [5, 5.41) is 0. The monoisotopic (exact) mass is 338 g/mol. The van der Waals surface area contributed by atoms with Gasteiger partial charge in [-0.1, -0.05) is 63.6 Å². The standard InChI is InChI=1S/C23H30O2/c1-5-6-12-24-20-14-19-13-17(4)21(16(2)3)23(22(19)20)25-15-18-10-8-7-9-11-18/h7-11,13,16,20H,5-6,12,14-15H2,1-4H3. The first-order valence-corrected chi connectivity index (χ1v) is 9.56. The van der Waals surface area contributed by atoms with E-state index in [1.165, 1.54) is 34.2 Å². The Morgan fingerprint density at radius 2 is 1.92 bits per heavy atom. The molecule has 0 bridgehead atoms. The van der Waals surface area contributed by atoms with Crippen LogP contribution in [0.25, 0.3) is 0 Å². The topological polar surface area (TPSA) is 18.5 Å². The molecule has 1 unspecified atom stereocenters. The molecule has 2 aromatic rings. The first-order chi connectivity index (χ1) is 12.1. The number of hydrogen-bond donors (Lipinski definition) is 0. The Morgan fingerprint density at radius 3 is 2.60 bits per heavy atom. The molecule has 0 heterocycles. The summed E-state index contributed by atoms with van der Waals surface area (Å²) >= 11 is 0. The van der Waals surface area contributed by atoms with Crippen molar-refractivity contribution in [3.63, 3.8) is 0 Å². The van der Waals surface area contributed by atoms with E-state index in [0.29, 0.717) is 12.5 Å². The van der Waals surface area contributed by atoms with Crippen LogP contribution in [0.15, 0.2) is 36.4 Å².